The second-order valence-electron chi connectivity index (χ2n) is 3.19. The summed E-state index contributed by atoms with van der Waals surface area (Å²) in [5, 5.41) is 1.09. The van der Waals surface area contributed by atoms with Gasteiger partial charge in [0.05, 0.1) is 10.7 Å². The molecule has 0 amide bonds. The number of rotatable bonds is 2. The molecule has 0 aliphatic heterocycles. The minimum atomic E-state index is 0.404. The average Bonchev–Trinajstić information content (AvgIpc) is 2.60. The molecule has 1 heterocycles. The molecular weight excluding hydrogens is 231 g/mol. The summed E-state index contributed by atoms with van der Waals surface area (Å²) >= 11 is 11.9. The van der Waals surface area contributed by atoms with E-state index in [1.165, 1.54) is 0 Å². The summed E-state index contributed by atoms with van der Waals surface area (Å²) in [6, 6.07) is 7.61. The van der Waals surface area contributed by atoms with Crippen LogP contribution in [0.25, 0.3) is 11.3 Å². The SMILES string of the molecule is CCc1[nH]c(Cl)nc1-c1ccccc1Cl. The quantitative estimate of drug-likeness (QED) is 0.847. The van der Waals surface area contributed by atoms with Crippen molar-refractivity contribution in [2.24, 2.45) is 0 Å². The molecule has 0 atom stereocenters. The molecule has 78 valence electrons. The number of nitrogens with zero attached hydrogens (tertiary/aromatic N) is 1. The van der Waals surface area contributed by atoms with E-state index in [0.717, 1.165) is 23.4 Å². The second kappa shape index (κ2) is 4.25. The van der Waals surface area contributed by atoms with E-state index >= 15 is 0 Å². The zero-order chi connectivity index (χ0) is 10.8. The molecule has 0 saturated carbocycles. The van der Waals surface area contributed by atoms with Crippen molar-refractivity contribution in [2.45, 2.75) is 13.3 Å². The fraction of sp³-hybridized carbons (Fsp3) is 0.182. The van der Waals surface area contributed by atoms with Crippen molar-refractivity contribution in [2.75, 3.05) is 0 Å². The Morgan fingerprint density at radius 1 is 1.27 bits per heavy atom. The maximum absolute atomic E-state index is 6.10. The number of aromatic amines is 1. The molecule has 1 aromatic carbocycles. The Morgan fingerprint density at radius 3 is 2.67 bits per heavy atom. The smallest absolute Gasteiger partial charge is 0.200 e. The monoisotopic (exact) mass is 240 g/mol. The predicted molar refractivity (Wildman–Crippen MR) is 63.4 cm³/mol. The number of hydrogen-bond acceptors (Lipinski definition) is 1. The van der Waals surface area contributed by atoms with Gasteiger partial charge in [0, 0.05) is 11.3 Å². The lowest BCUT2D eigenvalue weighted by molar-refractivity contribution is 1.07. The lowest BCUT2D eigenvalue weighted by Gasteiger charge is -2.02. The number of nitrogens with one attached hydrogen (secondary N) is 1. The van der Waals surface area contributed by atoms with Gasteiger partial charge in [-0.2, -0.15) is 0 Å². The Hall–Kier alpha value is -0.990. The van der Waals surface area contributed by atoms with E-state index in [1.54, 1.807) is 0 Å². The number of halogens is 2. The standard InChI is InChI=1S/C11H10Cl2N2/c1-2-9-10(15-11(13)14-9)7-5-3-4-6-8(7)12/h3-6H,2H2,1H3,(H,14,15). The van der Waals surface area contributed by atoms with Crippen LogP contribution in [0, 0.1) is 0 Å². The van der Waals surface area contributed by atoms with Crippen LogP contribution in [0.15, 0.2) is 24.3 Å². The molecule has 0 spiro atoms. The zero-order valence-corrected chi connectivity index (χ0v) is 9.73. The van der Waals surface area contributed by atoms with E-state index in [1.807, 2.05) is 31.2 Å². The van der Waals surface area contributed by atoms with E-state index in [0.29, 0.717) is 10.3 Å². The second-order valence-corrected chi connectivity index (χ2v) is 3.95. The first-order valence-corrected chi connectivity index (χ1v) is 5.47. The first-order chi connectivity index (χ1) is 7.22. The van der Waals surface area contributed by atoms with Crippen molar-refractivity contribution in [3.8, 4) is 11.3 Å². The maximum Gasteiger partial charge on any atom is 0.200 e. The molecular formula is C11H10Cl2N2. The van der Waals surface area contributed by atoms with Gasteiger partial charge in [0.1, 0.15) is 0 Å². The number of hydrogen-bond donors (Lipinski definition) is 1. The van der Waals surface area contributed by atoms with Gasteiger partial charge in [0.15, 0.2) is 0 Å². The van der Waals surface area contributed by atoms with Crippen LogP contribution in [0.3, 0.4) is 0 Å². The fourth-order valence-electron chi connectivity index (χ4n) is 1.51. The summed E-state index contributed by atoms with van der Waals surface area (Å²) in [4.78, 5) is 7.25. The van der Waals surface area contributed by atoms with Crippen molar-refractivity contribution >= 4 is 23.2 Å². The molecule has 4 heteroatoms. The Bertz CT molecular complexity index is 477. The van der Waals surface area contributed by atoms with Gasteiger partial charge >= 0.3 is 0 Å². The van der Waals surface area contributed by atoms with Gasteiger partial charge in [0.2, 0.25) is 5.28 Å². The van der Waals surface area contributed by atoms with Crippen LogP contribution < -0.4 is 0 Å². The highest BCUT2D eigenvalue weighted by atomic mass is 35.5. The molecule has 0 unspecified atom stereocenters. The molecule has 0 fully saturated rings. The molecule has 2 rings (SSSR count). The number of benzene rings is 1. The first kappa shape index (κ1) is 10.5. The Labute approximate surface area is 98.3 Å². The lowest BCUT2D eigenvalue weighted by Crippen LogP contribution is -1.86. The Morgan fingerprint density at radius 2 is 2.00 bits per heavy atom. The molecule has 2 nitrogen and oxygen atoms in total. The zero-order valence-electron chi connectivity index (χ0n) is 8.22. The number of aromatic nitrogens is 2. The summed E-state index contributed by atoms with van der Waals surface area (Å²) in [6.45, 7) is 2.05. The van der Waals surface area contributed by atoms with Crippen LogP contribution in [-0.4, -0.2) is 9.97 Å². The third-order valence-corrected chi connectivity index (χ3v) is 2.74. The van der Waals surface area contributed by atoms with Gasteiger partial charge in [-0.05, 0) is 24.1 Å². The van der Waals surface area contributed by atoms with Crippen LogP contribution in [-0.2, 0) is 6.42 Å². The van der Waals surface area contributed by atoms with Crippen LogP contribution in [0.1, 0.15) is 12.6 Å². The van der Waals surface area contributed by atoms with Crippen LogP contribution in [0.5, 0.6) is 0 Å². The molecule has 0 aliphatic carbocycles. The van der Waals surface area contributed by atoms with Crippen LogP contribution in [0.4, 0.5) is 0 Å². The van der Waals surface area contributed by atoms with Crippen LogP contribution >= 0.6 is 23.2 Å². The van der Waals surface area contributed by atoms with Gasteiger partial charge in [-0.25, -0.2) is 4.98 Å². The van der Waals surface area contributed by atoms with Crippen molar-refractivity contribution in [1.82, 2.24) is 9.97 Å². The maximum atomic E-state index is 6.10. The summed E-state index contributed by atoms with van der Waals surface area (Å²) in [6.07, 6.45) is 0.847. The number of H-pyrrole nitrogens is 1. The highest BCUT2D eigenvalue weighted by Gasteiger charge is 2.11. The van der Waals surface area contributed by atoms with Crippen molar-refractivity contribution in [3.63, 3.8) is 0 Å². The highest BCUT2D eigenvalue weighted by molar-refractivity contribution is 6.33. The first-order valence-electron chi connectivity index (χ1n) is 4.71. The number of imidazole rings is 1. The lowest BCUT2D eigenvalue weighted by atomic mass is 10.1. The minimum absolute atomic E-state index is 0.404. The topological polar surface area (TPSA) is 28.7 Å². The van der Waals surface area contributed by atoms with E-state index in [9.17, 15) is 0 Å². The van der Waals surface area contributed by atoms with Gasteiger partial charge in [-0.1, -0.05) is 36.7 Å². The van der Waals surface area contributed by atoms with Crippen LogP contribution in [0.2, 0.25) is 10.3 Å². The predicted octanol–water partition coefficient (Wildman–Crippen LogP) is 3.95. The molecule has 0 saturated heterocycles. The largest absolute Gasteiger partial charge is 0.332 e. The Kier molecular flexibility index (Phi) is 2.98. The Balaban J connectivity index is 2.58. The van der Waals surface area contributed by atoms with Gasteiger partial charge in [0.25, 0.3) is 0 Å². The van der Waals surface area contributed by atoms with E-state index in [-0.39, 0.29) is 0 Å². The van der Waals surface area contributed by atoms with Crippen molar-refractivity contribution < 1.29 is 0 Å². The molecule has 15 heavy (non-hydrogen) atoms. The van der Waals surface area contributed by atoms with E-state index < -0.39 is 0 Å². The minimum Gasteiger partial charge on any atom is -0.332 e. The van der Waals surface area contributed by atoms with Gasteiger partial charge < -0.3 is 4.98 Å². The van der Waals surface area contributed by atoms with Gasteiger partial charge in [-0.3, -0.25) is 0 Å². The highest BCUT2D eigenvalue weighted by Crippen LogP contribution is 2.29. The molecule has 1 aromatic heterocycles. The average molecular weight is 241 g/mol. The molecule has 0 radical (unpaired) electrons. The summed E-state index contributed by atoms with van der Waals surface area (Å²) in [5.41, 5.74) is 2.76. The molecule has 2 aromatic rings. The van der Waals surface area contributed by atoms with Gasteiger partial charge in [-0.15, -0.1) is 0 Å². The summed E-state index contributed by atoms with van der Waals surface area (Å²) in [7, 11) is 0. The summed E-state index contributed by atoms with van der Waals surface area (Å²) in [5.74, 6) is 0. The van der Waals surface area contributed by atoms with Crippen molar-refractivity contribution in [1.29, 1.82) is 0 Å². The third-order valence-electron chi connectivity index (χ3n) is 2.23. The van der Waals surface area contributed by atoms with E-state index in [2.05, 4.69) is 9.97 Å². The molecule has 1 N–H and O–H groups in total. The van der Waals surface area contributed by atoms with E-state index in [4.69, 9.17) is 23.2 Å². The number of aryl methyl sites for hydroxylation is 1. The molecule has 0 aliphatic rings. The summed E-state index contributed by atoms with van der Waals surface area (Å²) < 4.78 is 0. The fourth-order valence-corrected chi connectivity index (χ4v) is 1.93. The van der Waals surface area contributed by atoms with Crippen molar-refractivity contribution in [3.05, 3.63) is 40.3 Å². The molecule has 0 bridgehead atoms. The normalized spacial score (nSPS) is 10.6. The third kappa shape index (κ3) is 2.01.